The molecule has 0 radical (unpaired) electrons. The van der Waals surface area contributed by atoms with E-state index in [1.54, 1.807) is 29.2 Å². The number of amides is 1. The normalized spacial score (nSPS) is 16.3. The topological polar surface area (TPSA) is 88.3 Å². The van der Waals surface area contributed by atoms with Crippen molar-refractivity contribution in [3.05, 3.63) is 47.4 Å². The van der Waals surface area contributed by atoms with E-state index in [2.05, 4.69) is 9.97 Å². The van der Waals surface area contributed by atoms with Gasteiger partial charge in [0.1, 0.15) is 17.9 Å². The first-order valence-corrected chi connectivity index (χ1v) is 8.07. The quantitative estimate of drug-likeness (QED) is 0.812. The molecule has 2 heterocycles. The van der Waals surface area contributed by atoms with Gasteiger partial charge in [-0.15, -0.1) is 0 Å². The number of carbonyl (C=O) groups excluding carboxylic acids is 1. The van der Waals surface area contributed by atoms with E-state index in [0.717, 1.165) is 0 Å². The average Bonchev–Trinajstić information content (AvgIpc) is 3.10. The fourth-order valence-electron chi connectivity index (χ4n) is 2.46. The fraction of sp³-hybridized carbons (Fsp3) is 0.294. The molecular formula is C17H15ClN4O3. The number of halogens is 1. The zero-order valence-corrected chi connectivity index (χ0v) is 14.0. The van der Waals surface area contributed by atoms with Crippen LogP contribution in [0, 0.1) is 11.3 Å². The maximum atomic E-state index is 12.2. The zero-order chi connectivity index (χ0) is 17.6. The second-order valence-electron chi connectivity index (χ2n) is 5.43. The minimum Gasteiger partial charge on any atom is -0.484 e. The fourth-order valence-corrected chi connectivity index (χ4v) is 2.59. The van der Waals surface area contributed by atoms with Gasteiger partial charge in [0, 0.05) is 30.4 Å². The molecule has 0 spiro atoms. The molecule has 1 fully saturated rings. The van der Waals surface area contributed by atoms with Crippen LogP contribution in [0.25, 0.3) is 0 Å². The highest BCUT2D eigenvalue weighted by molar-refractivity contribution is 6.30. The summed E-state index contributed by atoms with van der Waals surface area (Å²) in [6.07, 6.45) is 3.34. The summed E-state index contributed by atoms with van der Waals surface area (Å²) in [4.78, 5) is 21.8. The third-order valence-electron chi connectivity index (χ3n) is 3.72. The number of likely N-dealkylation sites (tertiary alicyclic amines) is 1. The van der Waals surface area contributed by atoms with E-state index < -0.39 is 0 Å². The molecule has 1 aromatic carbocycles. The average molecular weight is 359 g/mol. The van der Waals surface area contributed by atoms with Crippen molar-refractivity contribution in [1.29, 1.82) is 5.26 Å². The number of benzene rings is 1. The predicted octanol–water partition coefficient (Wildman–Crippen LogP) is 2.06. The Morgan fingerprint density at radius 1 is 1.32 bits per heavy atom. The number of hydrogen-bond donors (Lipinski definition) is 0. The summed E-state index contributed by atoms with van der Waals surface area (Å²) in [5, 5.41) is 9.62. The molecule has 0 saturated carbocycles. The van der Waals surface area contributed by atoms with Gasteiger partial charge in [-0.25, -0.2) is 9.97 Å². The van der Waals surface area contributed by atoms with Crippen LogP contribution >= 0.6 is 11.6 Å². The molecule has 0 N–H and O–H groups in total. The van der Waals surface area contributed by atoms with Gasteiger partial charge >= 0.3 is 0 Å². The Kier molecular flexibility index (Phi) is 5.31. The lowest BCUT2D eigenvalue weighted by atomic mass is 10.3. The molecule has 2 aromatic rings. The van der Waals surface area contributed by atoms with E-state index in [9.17, 15) is 4.79 Å². The van der Waals surface area contributed by atoms with Crippen molar-refractivity contribution in [3.8, 4) is 17.7 Å². The monoisotopic (exact) mass is 358 g/mol. The maximum absolute atomic E-state index is 12.2. The van der Waals surface area contributed by atoms with Crippen molar-refractivity contribution in [2.24, 2.45) is 0 Å². The Morgan fingerprint density at radius 2 is 2.08 bits per heavy atom. The second kappa shape index (κ2) is 7.81. The van der Waals surface area contributed by atoms with Crippen molar-refractivity contribution in [2.45, 2.75) is 12.5 Å². The van der Waals surface area contributed by atoms with Crippen LogP contribution < -0.4 is 9.47 Å². The number of ether oxygens (including phenoxy) is 2. The van der Waals surface area contributed by atoms with Crippen LogP contribution in [0.4, 0.5) is 0 Å². The molecule has 1 aromatic heterocycles. The Balaban J connectivity index is 1.51. The molecule has 0 aliphatic carbocycles. The van der Waals surface area contributed by atoms with Gasteiger partial charge in [0.05, 0.1) is 6.54 Å². The highest BCUT2D eigenvalue weighted by Gasteiger charge is 2.28. The van der Waals surface area contributed by atoms with Gasteiger partial charge < -0.3 is 14.4 Å². The summed E-state index contributed by atoms with van der Waals surface area (Å²) in [6, 6.07) is 8.77. The summed E-state index contributed by atoms with van der Waals surface area (Å²) >= 11 is 5.81. The Hall–Kier alpha value is -2.85. The van der Waals surface area contributed by atoms with Crippen molar-refractivity contribution >= 4 is 17.5 Å². The molecule has 8 heteroatoms. The lowest BCUT2D eigenvalue weighted by molar-refractivity contribution is -0.132. The van der Waals surface area contributed by atoms with Crippen molar-refractivity contribution in [1.82, 2.24) is 14.9 Å². The minimum absolute atomic E-state index is 0.0526. The number of carbonyl (C=O) groups is 1. The lowest BCUT2D eigenvalue weighted by Crippen LogP contribution is -2.34. The number of rotatable bonds is 5. The van der Waals surface area contributed by atoms with Crippen molar-refractivity contribution in [2.75, 3.05) is 19.7 Å². The highest BCUT2D eigenvalue weighted by Crippen LogP contribution is 2.19. The Labute approximate surface area is 149 Å². The first kappa shape index (κ1) is 17.0. The molecule has 7 nitrogen and oxygen atoms in total. The molecule has 1 aliphatic heterocycles. The predicted molar refractivity (Wildman–Crippen MR) is 89.3 cm³/mol. The van der Waals surface area contributed by atoms with Gasteiger partial charge in [-0.2, -0.15) is 5.26 Å². The molecule has 128 valence electrons. The molecule has 1 aliphatic rings. The molecule has 25 heavy (non-hydrogen) atoms. The summed E-state index contributed by atoms with van der Waals surface area (Å²) < 4.78 is 11.2. The Morgan fingerprint density at radius 3 is 2.84 bits per heavy atom. The zero-order valence-electron chi connectivity index (χ0n) is 13.3. The molecule has 1 unspecified atom stereocenters. The summed E-state index contributed by atoms with van der Waals surface area (Å²) in [6.45, 7) is 0.933. The van der Waals surface area contributed by atoms with Gasteiger partial charge in [-0.05, 0) is 24.3 Å². The summed E-state index contributed by atoms with van der Waals surface area (Å²) in [5.74, 6) is 0.658. The smallest absolute Gasteiger partial charge is 0.260 e. The second-order valence-corrected chi connectivity index (χ2v) is 5.87. The van der Waals surface area contributed by atoms with Crippen LogP contribution in [0.3, 0.4) is 0 Å². The molecule has 1 saturated heterocycles. The number of nitrogens with zero attached hydrogens (tertiary/aromatic N) is 4. The van der Waals surface area contributed by atoms with E-state index in [4.69, 9.17) is 26.3 Å². The van der Waals surface area contributed by atoms with Crippen LogP contribution in [0.5, 0.6) is 11.6 Å². The molecule has 1 atom stereocenters. The van der Waals surface area contributed by atoms with Crippen LogP contribution in [0.2, 0.25) is 5.02 Å². The van der Waals surface area contributed by atoms with Crippen LogP contribution in [-0.4, -0.2) is 46.6 Å². The van der Waals surface area contributed by atoms with E-state index in [-0.39, 0.29) is 30.2 Å². The van der Waals surface area contributed by atoms with E-state index in [0.29, 0.717) is 30.3 Å². The van der Waals surface area contributed by atoms with Crippen molar-refractivity contribution in [3.63, 3.8) is 0 Å². The third-order valence-corrected chi connectivity index (χ3v) is 3.97. The van der Waals surface area contributed by atoms with Gasteiger partial charge in [0.25, 0.3) is 11.8 Å². The molecular weight excluding hydrogens is 344 g/mol. The number of hydrogen-bond acceptors (Lipinski definition) is 6. The van der Waals surface area contributed by atoms with E-state index in [1.807, 2.05) is 6.07 Å². The lowest BCUT2D eigenvalue weighted by Gasteiger charge is -2.17. The van der Waals surface area contributed by atoms with E-state index >= 15 is 0 Å². The maximum Gasteiger partial charge on any atom is 0.260 e. The van der Waals surface area contributed by atoms with Gasteiger partial charge in [0.15, 0.2) is 6.61 Å². The third kappa shape index (κ3) is 4.37. The van der Waals surface area contributed by atoms with Crippen LogP contribution in [-0.2, 0) is 4.79 Å². The first-order valence-electron chi connectivity index (χ1n) is 7.69. The van der Waals surface area contributed by atoms with Crippen LogP contribution in [0.1, 0.15) is 12.1 Å². The van der Waals surface area contributed by atoms with Gasteiger partial charge in [0.2, 0.25) is 5.69 Å². The standard InChI is InChI=1S/C17H15ClN4O3/c18-12-1-3-13(4-2-12)24-11-16(23)22-8-5-14(10-22)25-17-15(9-19)20-6-7-21-17/h1-4,6-7,14H,5,8,10-11H2. The van der Waals surface area contributed by atoms with Gasteiger partial charge in [-0.1, -0.05) is 11.6 Å². The summed E-state index contributed by atoms with van der Waals surface area (Å²) in [7, 11) is 0. The number of nitriles is 1. The SMILES string of the molecule is N#Cc1nccnc1OC1CCN(C(=O)COc2ccc(Cl)cc2)C1. The van der Waals surface area contributed by atoms with E-state index in [1.165, 1.54) is 12.4 Å². The largest absolute Gasteiger partial charge is 0.484 e. The van der Waals surface area contributed by atoms with Gasteiger partial charge in [-0.3, -0.25) is 4.79 Å². The van der Waals surface area contributed by atoms with Crippen molar-refractivity contribution < 1.29 is 14.3 Å². The molecule has 3 rings (SSSR count). The highest BCUT2D eigenvalue weighted by atomic mass is 35.5. The summed E-state index contributed by atoms with van der Waals surface area (Å²) in [5.41, 5.74) is 0.137. The number of aromatic nitrogens is 2. The van der Waals surface area contributed by atoms with Crippen LogP contribution in [0.15, 0.2) is 36.7 Å². The minimum atomic E-state index is -0.219. The molecule has 0 bridgehead atoms. The Bertz CT molecular complexity index is 791. The first-order chi connectivity index (χ1) is 12.2. The molecule has 1 amide bonds.